The van der Waals surface area contributed by atoms with E-state index in [4.69, 9.17) is 10.5 Å². The van der Waals surface area contributed by atoms with Crippen LogP contribution in [0.3, 0.4) is 0 Å². The van der Waals surface area contributed by atoms with E-state index in [2.05, 4.69) is 0 Å². The molecule has 3 nitrogen and oxygen atoms in total. The van der Waals surface area contributed by atoms with Crippen LogP contribution in [0.15, 0.2) is 11.6 Å². The highest BCUT2D eigenvalue weighted by Crippen LogP contribution is 2.18. The maximum atomic E-state index is 10.8. The molecule has 1 aliphatic heterocycles. The Balaban J connectivity index is 2.63. The summed E-state index contributed by atoms with van der Waals surface area (Å²) in [6, 6.07) is 0. The van der Waals surface area contributed by atoms with Gasteiger partial charge in [-0.2, -0.15) is 0 Å². The van der Waals surface area contributed by atoms with Crippen LogP contribution in [0.4, 0.5) is 0 Å². The van der Waals surface area contributed by atoms with E-state index < -0.39 is 0 Å². The van der Waals surface area contributed by atoms with Crippen LogP contribution in [-0.2, 0) is 9.53 Å². The lowest BCUT2D eigenvalue weighted by atomic mass is 10.1. The molecule has 1 fully saturated rings. The number of carbonyl (C=O) groups is 1. The van der Waals surface area contributed by atoms with Gasteiger partial charge in [-0.15, -0.1) is 0 Å². The highest BCUT2D eigenvalue weighted by atomic mass is 16.5. The highest BCUT2D eigenvalue weighted by Gasteiger charge is 2.24. The Morgan fingerprint density at radius 2 is 2.60 bits per heavy atom. The molecule has 0 aromatic carbocycles. The van der Waals surface area contributed by atoms with Crippen LogP contribution in [0.2, 0.25) is 0 Å². The van der Waals surface area contributed by atoms with Gasteiger partial charge in [-0.05, 0) is 6.92 Å². The van der Waals surface area contributed by atoms with Gasteiger partial charge in [0.1, 0.15) is 6.10 Å². The molecule has 1 rings (SSSR count). The summed E-state index contributed by atoms with van der Waals surface area (Å²) < 4.78 is 4.86. The molecule has 10 heavy (non-hydrogen) atoms. The summed E-state index contributed by atoms with van der Waals surface area (Å²) in [4.78, 5) is 10.8. The highest BCUT2D eigenvalue weighted by molar-refractivity contribution is 5.90. The molecule has 0 amide bonds. The normalized spacial score (nSPS) is 29.2. The molecule has 2 N–H and O–H groups in total. The predicted octanol–water partition coefficient (Wildman–Crippen LogP) is 0.207. The summed E-state index contributed by atoms with van der Waals surface area (Å²) in [5, 5.41) is 0. The number of nitrogens with two attached hydrogens (primary N) is 1. The second-order valence-electron chi connectivity index (χ2n) is 2.39. The van der Waals surface area contributed by atoms with Crippen LogP contribution in [0, 0.1) is 0 Å². The van der Waals surface area contributed by atoms with Gasteiger partial charge in [-0.25, -0.2) is 4.79 Å². The summed E-state index contributed by atoms with van der Waals surface area (Å²) >= 11 is 0. The maximum Gasteiger partial charge on any atom is 0.334 e. The van der Waals surface area contributed by atoms with Gasteiger partial charge in [0, 0.05) is 18.5 Å². The van der Waals surface area contributed by atoms with Gasteiger partial charge in [0.25, 0.3) is 0 Å². The van der Waals surface area contributed by atoms with Crippen LogP contribution in [0.1, 0.15) is 13.3 Å². The lowest BCUT2D eigenvalue weighted by Crippen LogP contribution is -2.01. The van der Waals surface area contributed by atoms with E-state index in [-0.39, 0.29) is 12.1 Å². The zero-order valence-corrected chi connectivity index (χ0v) is 5.96. The monoisotopic (exact) mass is 141 g/mol. The number of ether oxygens (including phenoxy) is 1. The zero-order valence-electron chi connectivity index (χ0n) is 5.96. The molecule has 0 aromatic heterocycles. The molecular formula is C7H11NO2. The van der Waals surface area contributed by atoms with Gasteiger partial charge < -0.3 is 10.5 Å². The summed E-state index contributed by atoms with van der Waals surface area (Å²) in [6.45, 7) is 2.28. The van der Waals surface area contributed by atoms with Crippen molar-refractivity contribution < 1.29 is 9.53 Å². The largest absolute Gasteiger partial charge is 0.459 e. The predicted molar refractivity (Wildman–Crippen MR) is 37.3 cm³/mol. The van der Waals surface area contributed by atoms with Gasteiger partial charge in [-0.3, -0.25) is 0 Å². The molecular weight excluding hydrogens is 130 g/mol. The summed E-state index contributed by atoms with van der Waals surface area (Å²) in [5.41, 5.74) is 5.95. The SMILES string of the molecule is CC1C/C(=C/CN)C(=O)O1. The fraction of sp³-hybridized carbons (Fsp3) is 0.571. The van der Waals surface area contributed by atoms with Crippen LogP contribution < -0.4 is 5.73 Å². The first-order valence-corrected chi connectivity index (χ1v) is 3.34. The van der Waals surface area contributed by atoms with Gasteiger partial charge in [0.2, 0.25) is 0 Å². The number of cyclic esters (lactones) is 1. The quantitative estimate of drug-likeness (QED) is 0.419. The number of esters is 1. The fourth-order valence-electron chi connectivity index (χ4n) is 1.00. The molecule has 1 atom stereocenters. The van der Waals surface area contributed by atoms with Crippen molar-refractivity contribution in [3.8, 4) is 0 Å². The van der Waals surface area contributed by atoms with Crippen LogP contribution in [0.25, 0.3) is 0 Å². The van der Waals surface area contributed by atoms with E-state index in [1.165, 1.54) is 0 Å². The van der Waals surface area contributed by atoms with Gasteiger partial charge in [0.15, 0.2) is 0 Å². The van der Waals surface area contributed by atoms with E-state index in [0.29, 0.717) is 13.0 Å². The first-order chi connectivity index (χ1) is 4.74. The Hall–Kier alpha value is -0.830. The topological polar surface area (TPSA) is 52.3 Å². The van der Waals surface area contributed by atoms with Crippen molar-refractivity contribution >= 4 is 5.97 Å². The molecule has 1 aliphatic rings. The van der Waals surface area contributed by atoms with E-state index in [1.54, 1.807) is 6.08 Å². The van der Waals surface area contributed by atoms with E-state index in [9.17, 15) is 4.79 Å². The molecule has 0 spiro atoms. The Bertz CT molecular complexity index is 174. The standard InChI is InChI=1S/C7H11NO2/c1-5-4-6(2-3-8)7(9)10-5/h2,5H,3-4,8H2,1H3/b6-2-. The molecule has 0 saturated carbocycles. The fourth-order valence-corrected chi connectivity index (χ4v) is 1.00. The lowest BCUT2D eigenvalue weighted by Gasteiger charge is -1.94. The number of rotatable bonds is 1. The Kier molecular flexibility index (Phi) is 2.06. The van der Waals surface area contributed by atoms with Gasteiger partial charge >= 0.3 is 5.97 Å². The average molecular weight is 141 g/mol. The minimum absolute atomic E-state index is 0.0327. The number of hydrogen-bond acceptors (Lipinski definition) is 3. The smallest absolute Gasteiger partial charge is 0.334 e. The summed E-state index contributed by atoms with van der Waals surface area (Å²) in [7, 11) is 0. The molecule has 1 heterocycles. The third-order valence-electron chi connectivity index (χ3n) is 1.44. The van der Waals surface area contributed by atoms with E-state index in [1.807, 2.05) is 6.92 Å². The molecule has 56 valence electrons. The number of hydrogen-bond donors (Lipinski definition) is 1. The third-order valence-corrected chi connectivity index (χ3v) is 1.44. The molecule has 1 saturated heterocycles. The second kappa shape index (κ2) is 2.84. The summed E-state index contributed by atoms with van der Waals surface area (Å²) in [6.07, 6.45) is 2.45. The van der Waals surface area contributed by atoms with E-state index >= 15 is 0 Å². The molecule has 1 unspecified atom stereocenters. The lowest BCUT2D eigenvalue weighted by molar-refractivity contribution is -0.138. The van der Waals surface area contributed by atoms with Crippen molar-refractivity contribution in [2.24, 2.45) is 5.73 Å². The Morgan fingerprint density at radius 1 is 1.90 bits per heavy atom. The van der Waals surface area contributed by atoms with Crippen LogP contribution in [-0.4, -0.2) is 18.6 Å². The third kappa shape index (κ3) is 1.36. The van der Waals surface area contributed by atoms with Crippen LogP contribution >= 0.6 is 0 Å². The first-order valence-electron chi connectivity index (χ1n) is 3.34. The average Bonchev–Trinajstić information content (AvgIpc) is 2.13. The zero-order chi connectivity index (χ0) is 7.56. The Morgan fingerprint density at radius 3 is 3.00 bits per heavy atom. The van der Waals surface area contributed by atoms with Crippen molar-refractivity contribution in [3.05, 3.63) is 11.6 Å². The Labute approximate surface area is 59.8 Å². The van der Waals surface area contributed by atoms with Crippen molar-refractivity contribution in [3.63, 3.8) is 0 Å². The maximum absolute atomic E-state index is 10.8. The minimum Gasteiger partial charge on any atom is -0.459 e. The molecule has 0 aromatic rings. The second-order valence-corrected chi connectivity index (χ2v) is 2.39. The van der Waals surface area contributed by atoms with Gasteiger partial charge in [0.05, 0.1) is 0 Å². The van der Waals surface area contributed by atoms with Crippen molar-refractivity contribution in [2.45, 2.75) is 19.4 Å². The van der Waals surface area contributed by atoms with Crippen molar-refractivity contribution in [2.75, 3.05) is 6.54 Å². The number of carbonyl (C=O) groups excluding carboxylic acids is 1. The van der Waals surface area contributed by atoms with Crippen molar-refractivity contribution in [1.29, 1.82) is 0 Å². The molecule has 0 bridgehead atoms. The minimum atomic E-state index is -0.210. The summed E-state index contributed by atoms with van der Waals surface area (Å²) in [5.74, 6) is -0.210. The molecule has 0 radical (unpaired) electrons. The first kappa shape index (κ1) is 7.28. The molecule has 0 aliphatic carbocycles. The van der Waals surface area contributed by atoms with E-state index in [0.717, 1.165) is 5.57 Å². The molecule has 3 heteroatoms. The van der Waals surface area contributed by atoms with Crippen LogP contribution in [0.5, 0.6) is 0 Å². The van der Waals surface area contributed by atoms with Gasteiger partial charge in [-0.1, -0.05) is 6.08 Å². The van der Waals surface area contributed by atoms with Crippen molar-refractivity contribution in [1.82, 2.24) is 0 Å².